The van der Waals surface area contributed by atoms with Crippen LogP contribution in [0.5, 0.6) is 0 Å². The second-order valence-electron chi connectivity index (χ2n) is 8.03. The van der Waals surface area contributed by atoms with Crippen LogP contribution in [0, 0.1) is 5.92 Å². The Morgan fingerprint density at radius 2 is 1.48 bits per heavy atom. The number of halogens is 4. The molecule has 0 heterocycles. The maximum atomic E-state index is 13.2. The molecule has 0 aromatic carbocycles. The van der Waals surface area contributed by atoms with E-state index in [1.54, 1.807) is 6.92 Å². The van der Waals surface area contributed by atoms with Gasteiger partial charge in [-0.2, -0.15) is 0 Å². The van der Waals surface area contributed by atoms with E-state index in [0.717, 1.165) is 0 Å². The summed E-state index contributed by atoms with van der Waals surface area (Å²) in [5.41, 5.74) is 0. The first-order valence-electron chi connectivity index (χ1n) is 10.8. The molecule has 0 bridgehead atoms. The summed E-state index contributed by atoms with van der Waals surface area (Å²) in [6.07, 6.45) is 0.266. The SMILES string of the molecule is CC.CC(=O)NC(COC1CCC(F)(F)CC1)C(C)OCC1CCC(F)(F)CC1. The molecule has 8 heteroatoms. The first kappa shape index (κ1) is 26.1. The van der Waals surface area contributed by atoms with E-state index in [1.807, 2.05) is 13.8 Å². The highest BCUT2D eigenvalue weighted by Gasteiger charge is 2.37. The van der Waals surface area contributed by atoms with Crippen LogP contribution in [0.4, 0.5) is 17.6 Å². The van der Waals surface area contributed by atoms with Crippen LogP contribution in [0.1, 0.15) is 79.1 Å². The summed E-state index contributed by atoms with van der Waals surface area (Å²) in [5.74, 6) is -5.31. The topological polar surface area (TPSA) is 47.6 Å². The Kier molecular flexibility index (Phi) is 10.9. The highest BCUT2D eigenvalue weighted by molar-refractivity contribution is 5.73. The lowest BCUT2D eigenvalue weighted by Crippen LogP contribution is -2.47. The minimum absolute atomic E-state index is 0.0894. The van der Waals surface area contributed by atoms with Gasteiger partial charge in [-0.1, -0.05) is 13.8 Å². The summed E-state index contributed by atoms with van der Waals surface area (Å²) in [5, 5.41) is 2.78. The Morgan fingerprint density at radius 3 is 1.97 bits per heavy atom. The highest BCUT2D eigenvalue weighted by Crippen LogP contribution is 2.36. The predicted octanol–water partition coefficient (Wildman–Crippen LogP) is 5.34. The van der Waals surface area contributed by atoms with E-state index < -0.39 is 17.9 Å². The van der Waals surface area contributed by atoms with Gasteiger partial charge in [0.05, 0.1) is 24.9 Å². The quantitative estimate of drug-likeness (QED) is 0.532. The first-order valence-corrected chi connectivity index (χ1v) is 10.8. The Balaban J connectivity index is 0.00000204. The van der Waals surface area contributed by atoms with Gasteiger partial charge in [0.25, 0.3) is 0 Å². The fraction of sp³-hybridized carbons (Fsp3) is 0.952. The molecule has 0 aromatic rings. The summed E-state index contributed by atoms with van der Waals surface area (Å²) in [7, 11) is 0. The van der Waals surface area contributed by atoms with Crippen molar-refractivity contribution in [3.63, 3.8) is 0 Å². The van der Waals surface area contributed by atoms with E-state index in [2.05, 4.69) is 5.32 Å². The van der Waals surface area contributed by atoms with Crippen LogP contribution in [-0.4, -0.2) is 49.2 Å². The van der Waals surface area contributed by atoms with Crippen LogP contribution in [0.15, 0.2) is 0 Å². The molecule has 2 unspecified atom stereocenters. The van der Waals surface area contributed by atoms with Crippen LogP contribution in [0.25, 0.3) is 0 Å². The van der Waals surface area contributed by atoms with Crippen molar-refractivity contribution in [3.8, 4) is 0 Å². The number of carbonyl (C=O) groups is 1. The molecule has 2 fully saturated rings. The van der Waals surface area contributed by atoms with Gasteiger partial charge >= 0.3 is 0 Å². The molecular weight excluding hydrogens is 390 g/mol. The Labute approximate surface area is 172 Å². The van der Waals surface area contributed by atoms with Gasteiger partial charge in [0.2, 0.25) is 17.8 Å². The van der Waals surface area contributed by atoms with Gasteiger partial charge in [-0.3, -0.25) is 4.79 Å². The lowest BCUT2D eigenvalue weighted by atomic mass is 9.87. The molecule has 0 aromatic heterocycles. The van der Waals surface area contributed by atoms with E-state index in [9.17, 15) is 22.4 Å². The van der Waals surface area contributed by atoms with Crippen LogP contribution in [-0.2, 0) is 14.3 Å². The number of hydrogen-bond acceptors (Lipinski definition) is 3. The number of hydrogen-bond donors (Lipinski definition) is 1. The number of nitrogens with one attached hydrogen (secondary N) is 1. The Bertz CT molecular complexity index is 471. The third-order valence-corrected chi connectivity index (χ3v) is 5.56. The van der Waals surface area contributed by atoms with E-state index in [4.69, 9.17) is 9.47 Å². The first-order chi connectivity index (χ1) is 13.6. The van der Waals surface area contributed by atoms with Gasteiger partial charge in [-0.25, -0.2) is 17.6 Å². The lowest BCUT2D eigenvalue weighted by Gasteiger charge is -2.32. The molecule has 2 saturated carbocycles. The zero-order valence-corrected chi connectivity index (χ0v) is 18.1. The molecule has 2 rings (SSSR count). The van der Waals surface area contributed by atoms with E-state index in [0.29, 0.717) is 32.3 Å². The summed E-state index contributed by atoms with van der Waals surface area (Å²) in [4.78, 5) is 11.5. The maximum absolute atomic E-state index is 13.2. The average molecular weight is 428 g/mol. The second kappa shape index (κ2) is 12.1. The summed E-state index contributed by atoms with van der Waals surface area (Å²) >= 11 is 0. The zero-order valence-electron chi connectivity index (χ0n) is 18.1. The standard InChI is InChI=1S/C19H31F4NO3.C2H6/c1-13(26-11-15-3-7-18(20,21)8-4-15)17(24-14(2)25)12-27-16-5-9-19(22,23)10-6-16;1-2/h13,15-17H,3-12H2,1-2H3,(H,24,25);1-2H3. The van der Waals surface area contributed by atoms with Crippen LogP contribution in [0.3, 0.4) is 0 Å². The fourth-order valence-corrected chi connectivity index (χ4v) is 3.65. The van der Waals surface area contributed by atoms with Gasteiger partial charge in [-0.05, 0) is 38.5 Å². The molecule has 29 heavy (non-hydrogen) atoms. The van der Waals surface area contributed by atoms with Crippen LogP contribution >= 0.6 is 0 Å². The van der Waals surface area contributed by atoms with Gasteiger partial charge in [0, 0.05) is 39.2 Å². The zero-order chi connectivity index (χ0) is 22.1. The van der Waals surface area contributed by atoms with Gasteiger partial charge in [0.1, 0.15) is 0 Å². The van der Waals surface area contributed by atoms with Crippen LogP contribution in [0.2, 0.25) is 0 Å². The molecule has 2 atom stereocenters. The molecule has 2 aliphatic rings. The monoisotopic (exact) mass is 427 g/mol. The number of alkyl halides is 4. The van der Waals surface area contributed by atoms with Crippen molar-refractivity contribution < 1.29 is 31.8 Å². The number of amides is 1. The van der Waals surface area contributed by atoms with Crippen molar-refractivity contribution >= 4 is 5.91 Å². The van der Waals surface area contributed by atoms with Crippen LogP contribution < -0.4 is 5.32 Å². The predicted molar refractivity (Wildman–Crippen MR) is 104 cm³/mol. The molecule has 0 spiro atoms. The lowest BCUT2D eigenvalue weighted by molar-refractivity contribution is -0.124. The minimum Gasteiger partial charge on any atom is -0.376 e. The van der Waals surface area contributed by atoms with Crippen molar-refractivity contribution in [2.24, 2.45) is 5.92 Å². The summed E-state index contributed by atoms with van der Waals surface area (Å²) in [6, 6.07) is -0.407. The van der Waals surface area contributed by atoms with Crippen molar-refractivity contribution in [1.29, 1.82) is 0 Å². The molecular formula is C21H37F4NO3. The largest absolute Gasteiger partial charge is 0.376 e. The smallest absolute Gasteiger partial charge is 0.248 e. The van der Waals surface area contributed by atoms with Crippen molar-refractivity contribution in [1.82, 2.24) is 5.32 Å². The number of ether oxygens (including phenoxy) is 2. The second-order valence-corrected chi connectivity index (χ2v) is 8.03. The van der Waals surface area contributed by atoms with Crippen molar-refractivity contribution in [2.75, 3.05) is 13.2 Å². The van der Waals surface area contributed by atoms with Crippen molar-refractivity contribution in [3.05, 3.63) is 0 Å². The van der Waals surface area contributed by atoms with E-state index in [-0.39, 0.29) is 56.3 Å². The van der Waals surface area contributed by atoms with Gasteiger partial charge in [0.15, 0.2) is 0 Å². The minimum atomic E-state index is -2.61. The molecule has 0 aliphatic heterocycles. The summed E-state index contributed by atoms with van der Waals surface area (Å²) < 4.78 is 64.5. The Hall–Kier alpha value is -0.890. The molecule has 1 amide bonds. The number of carbonyl (C=O) groups excluding carboxylic acids is 1. The Morgan fingerprint density at radius 1 is 1.00 bits per heavy atom. The molecule has 0 radical (unpaired) electrons. The molecule has 0 saturated heterocycles. The molecule has 4 nitrogen and oxygen atoms in total. The third kappa shape index (κ3) is 10.1. The van der Waals surface area contributed by atoms with E-state index in [1.165, 1.54) is 6.92 Å². The third-order valence-electron chi connectivity index (χ3n) is 5.56. The van der Waals surface area contributed by atoms with Gasteiger partial charge in [-0.15, -0.1) is 0 Å². The van der Waals surface area contributed by atoms with Crippen molar-refractivity contribution in [2.45, 2.75) is 109 Å². The maximum Gasteiger partial charge on any atom is 0.248 e. The highest BCUT2D eigenvalue weighted by atomic mass is 19.3. The average Bonchev–Trinajstić information content (AvgIpc) is 2.66. The number of rotatable bonds is 8. The molecule has 2 aliphatic carbocycles. The normalized spacial score (nSPS) is 24.1. The summed E-state index contributed by atoms with van der Waals surface area (Å²) in [6.45, 7) is 7.74. The fourth-order valence-electron chi connectivity index (χ4n) is 3.65. The van der Waals surface area contributed by atoms with E-state index >= 15 is 0 Å². The molecule has 172 valence electrons. The molecule has 1 N–H and O–H groups in total. The van der Waals surface area contributed by atoms with Gasteiger partial charge < -0.3 is 14.8 Å².